The molecule has 68 valence electrons. The second kappa shape index (κ2) is 4.05. The predicted octanol–water partition coefficient (Wildman–Crippen LogP) is 1.09. The van der Waals surface area contributed by atoms with E-state index in [2.05, 4.69) is 0 Å². The van der Waals surface area contributed by atoms with Gasteiger partial charge in [-0.05, 0) is 5.56 Å². The molecule has 0 fully saturated rings. The van der Waals surface area contributed by atoms with Gasteiger partial charge in [0.15, 0.2) is 0 Å². The number of carbonyl (C=O) groups excluding carboxylic acids is 2. The molecule has 0 saturated heterocycles. The zero-order chi connectivity index (χ0) is 9.84. The second-order valence-corrected chi connectivity index (χ2v) is 2.75. The Kier molecular flexibility index (Phi) is 3.03. The Hall–Kier alpha value is -1.35. The molecular weight excluding hydrogens is 190 g/mol. The van der Waals surface area contributed by atoms with Gasteiger partial charge in [-0.3, -0.25) is 9.59 Å². The van der Waals surface area contributed by atoms with Gasteiger partial charge in [0.05, 0.1) is 0 Å². The number of amides is 1. The van der Waals surface area contributed by atoms with Crippen molar-refractivity contribution in [3.63, 3.8) is 0 Å². The molecule has 0 saturated carbocycles. The van der Waals surface area contributed by atoms with E-state index in [0.29, 0.717) is 5.56 Å². The lowest BCUT2D eigenvalue weighted by molar-refractivity contribution is -0.114. The molecule has 0 radical (unpaired) electrons. The maximum atomic E-state index is 11.2. The quantitative estimate of drug-likeness (QED) is 0.448. The fraction of sp³-hybridized carbons (Fsp3) is 0.111. The van der Waals surface area contributed by atoms with E-state index in [9.17, 15) is 9.59 Å². The van der Waals surface area contributed by atoms with Crippen molar-refractivity contribution in [1.82, 2.24) is 0 Å². The molecule has 0 aromatic heterocycles. The highest BCUT2D eigenvalue weighted by Gasteiger charge is 2.14. The van der Waals surface area contributed by atoms with E-state index in [1.54, 1.807) is 18.2 Å². The molecule has 0 unspecified atom stereocenters. The number of hydrogen-bond acceptors (Lipinski definition) is 2. The number of alkyl halides is 1. The Balaban J connectivity index is 3.13. The van der Waals surface area contributed by atoms with Crippen LogP contribution in [-0.2, 0) is 10.7 Å². The Labute approximate surface area is 80.5 Å². The molecule has 0 bridgehead atoms. The van der Waals surface area contributed by atoms with Crippen LogP contribution in [0.1, 0.15) is 15.9 Å². The number of primary amides is 1. The van der Waals surface area contributed by atoms with Crippen molar-refractivity contribution in [3.8, 4) is 0 Å². The number of Topliss-reactive ketones (excluding diaryl/α,β-unsaturated/α-hetero) is 1. The van der Waals surface area contributed by atoms with Gasteiger partial charge in [0.25, 0.3) is 5.91 Å². The summed E-state index contributed by atoms with van der Waals surface area (Å²) in [4.78, 5) is 21.8. The topological polar surface area (TPSA) is 60.2 Å². The lowest BCUT2D eigenvalue weighted by atomic mass is 10.0. The van der Waals surface area contributed by atoms with Gasteiger partial charge in [0.1, 0.15) is 0 Å². The zero-order valence-corrected chi connectivity index (χ0v) is 7.54. The van der Waals surface area contributed by atoms with Crippen LogP contribution in [0, 0.1) is 0 Å². The van der Waals surface area contributed by atoms with Gasteiger partial charge in [-0.25, -0.2) is 0 Å². The molecule has 0 aliphatic carbocycles. The van der Waals surface area contributed by atoms with Gasteiger partial charge in [-0.1, -0.05) is 24.3 Å². The number of ketones is 1. The van der Waals surface area contributed by atoms with Crippen LogP contribution in [0.5, 0.6) is 0 Å². The van der Waals surface area contributed by atoms with Gasteiger partial charge in [0.2, 0.25) is 5.78 Å². The summed E-state index contributed by atoms with van der Waals surface area (Å²) in [5.41, 5.74) is 5.76. The van der Waals surface area contributed by atoms with E-state index in [1.807, 2.05) is 0 Å². The average Bonchev–Trinajstić information content (AvgIpc) is 2.16. The molecule has 1 aromatic carbocycles. The smallest absolute Gasteiger partial charge is 0.289 e. The first-order valence-electron chi connectivity index (χ1n) is 3.65. The second-order valence-electron chi connectivity index (χ2n) is 2.48. The Morgan fingerprint density at radius 3 is 2.46 bits per heavy atom. The van der Waals surface area contributed by atoms with Crippen molar-refractivity contribution >= 4 is 23.3 Å². The molecule has 0 aliphatic heterocycles. The lowest BCUT2D eigenvalue weighted by Crippen LogP contribution is -2.23. The molecule has 0 heterocycles. The van der Waals surface area contributed by atoms with E-state index in [0.717, 1.165) is 0 Å². The number of nitrogens with two attached hydrogens (primary N) is 1. The summed E-state index contributed by atoms with van der Waals surface area (Å²) in [5, 5.41) is 0. The van der Waals surface area contributed by atoms with Gasteiger partial charge in [-0.15, -0.1) is 11.6 Å². The maximum absolute atomic E-state index is 11.2. The normalized spacial score (nSPS) is 9.62. The maximum Gasteiger partial charge on any atom is 0.289 e. The van der Waals surface area contributed by atoms with Crippen molar-refractivity contribution < 1.29 is 9.59 Å². The highest BCUT2D eigenvalue weighted by atomic mass is 35.5. The van der Waals surface area contributed by atoms with Crippen LogP contribution in [-0.4, -0.2) is 11.7 Å². The summed E-state index contributed by atoms with van der Waals surface area (Å²) in [6.45, 7) is 0. The SMILES string of the molecule is NC(=O)C(=O)c1ccccc1CCl. The molecule has 2 N–H and O–H groups in total. The van der Waals surface area contributed by atoms with Crippen molar-refractivity contribution in [1.29, 1.82) is 0 Å². The van der Waals surface area contributed by atoms with Crippen LogP contribution < -0.4 is 5.73 Å². The number of carbonyl (C=O) groups is 2. The summed E-state index contributed by atoms with van der Waals surface area (Å²) in [6.07, 6.45) is 0. The standard InChI is InChI=1S/C9H8ClNO2/c10-5-6-3-1-2-4-7(6)8(12)9(11)13/h1-4H,5H2,(H2,11,13). The molecule has 1 rings (SSSR count). The molecular formula is C9H8ClNO2. The fourth-order valence-electron chi connectivity index (χ4n) is 0.991. The number of hydrogen-bond donors (Lipinski definition) is 1. The first-order valence-corrected chi connectivity index (χ1v) is 4.18. The van der Waals surface area contributed by atoms with Crippen LogP contribution in [0.3, 0.4) is 0 Å². The van der Waals surface area contributed by atoms with Crippen molar-refractivity contribution in [2.24, 2.45) is 5.73 Å². The largest absolute Gasteiger partial charge is 0.363 e. The highest BCUT2D eigenvalue weighted by molar-refractivity contribution is 6.42. The fourth-order valence-corrected chi connectivity index (χ4v) is 1.22. The van der Waals surface area contributed by atoms with Crippen molar-refractivity contribution in [3.05, 3.63) is 35.4 Å². The summed E-state index contributed by atoms with van der Waals surface area (Å²) in [5.74, 6) is -1.47. The Morgan fingerprint density at radius 1 is 1.31 bits per heavy atom. The van der Waals surface area contributed by atoms with E-state index >= 15 is 0 Å². The third-order valence-corrected chi connectivity index (χ3v) is 1.92. The lowest BCUT2D eigenvalue weighted by Gasteiger charge is -2.01. The van der Waals surface area contributed by atoms with Crippen molar-refractivity contribution in [2.45, 2.75) is 5.88 Å². The van der Waals surface area contributed by atoms with Gasteiger partial charge in [-0.2, -0.15) is 0 Å². The molecule has 3 nitrogen and oxygen atoms in total. The number of rotatable bonds is 3. The van der Waals surface area contributed by atoms with Gasteiger partial charge < -0.3 is 5.73 Å². The van der Waals surface area contributed by atoms with E-state index in [1.165, 1.54) is 6.07 Å². The first kappa shape index (κ1) is 9.74. The third kappa shape index (κ3) is 2.06. The summed E-state index contributed by atoms with van der Waals surface area (Å²) >= 11 is 5.58. The molecule has 0 aliphatic rings. The van der Waals surface area contributed by atoms with Crippen LogP contribution in [0.25, 0.3) is 0 Å². The van der Waals surface area contributed by atoms with Crippen LogP contribution in [0.2, 0.25) is 0 Å². The summed E-state index contributed by atoms with van der Waals surface area (Å²) in [6, 6.07) is 6.62. The number of benzene rings is 1. The molecule has 1 aromatic rings. The van der Waals surface area contributed by atoms with Crippen LogP contribution >= 0.6 is 11.6 Å². The minimum absolute atomic E-state index is 0.190. The molecule has 4 heteroatoms. The van der Waals surface area contributed by atoms with Gasteiger partial charge in [0, 0.05) is 11.4 Å². The predicted molar refractivity (Wildman–Crippen MR) is 49.5 cm³/mol. The summed E-state index contributed by atoms with van der Waals surface area (Å²) in [7, 11) is 0. The monoisotopic (exact) mass is 197 g/mol. The van der Waals surface area contributed by atoms with E-state index in [-0.39, 0.29) is 11.4 Å². The Bertz CT molecular complexity index is 349. The Morgan fingerprint density at radius 2 is 1.92 bits per heavy atom. The minimum atomic E-state index is -0.961. The molecule has 13 heavy (non-hydrogen) atoms. The molecule has 0 atom stereocenters. The zero-order valence-electron chi connectivity index (χ0n) is 6.79. The average molecular weight is 198 g/mol. The van der Waals surface area contributed by atoms with E-state index < -0.39 is 11.7 Å². The first-order chi connectivity index (χ1) is 6.16. The van der Waals surface area contributed by atoms with E-state index in [4.69, 9.17) is 17.3 Å². The third-order valence-electron chi connectivity index (χ3n) is 1.63. The minimum Gasteiger partial charge on any atom is -0.363 e. The van der Waals surface area contributed by atoms with Gasteiger partial charge >= 0.3 is 0 Å². The summed E-state index contributed by atoms with van der Waals surface area (Å²) < 4.78 is 0. The van der Waals surface area contributed by atoms with Crippen molar-refractivity contribution in [2.75, 3.05) is 0 Å². The van der Waals surface area contributed by atoms with Crippen LogP contribution in [0.15, 0.2) is 24.3 Å². The van der Waals surface area contributed by atoms with Crippen LogP contribution in [0.4, 0.5) is 0 Å². The number of halogens is 1. The molecule has 1 amide bonds. The highest BCUT2D eigenvalue weighted by Crippen LogP contribution is 2.11. The molecule has 0 spiro atoms.